The number of benzene rings is 1. The van der Waals surface area contributed by atoms with Gasteiger partial charge in [-0.25, -0.2) is 0 Å². The molecule has 1 saturated carbocycles. The normalized spacial score (nSPS) is 23.1. The van der Waals surface area contributed by atoms with E-state index in [0.717, 1.165) is 21.6 Å². The second-order valence-electron chi connectivity index (χ2n) is 5.32. The quantitative estimate of drug-likeness (QED) is 0.794. The molecule has 104 valence electrons. The zero-order valence-electron chi connectivity index (χ0n) is 11.3. The van der Waals surface area contributed by atoms with Gasteiger partial charge in [-0.15, -0.1) is 0 Å². The van der Waals surface area contributed by atoms with Gasteiger partial charge in [0, 0.05) is 21.8 Å². The largest absolute Gasteiger partial charge is 0.389 e. The summed E-state index contributed by atoms with van der Waals surface area (Å²) in [4.78, 5) is 0.456. The first-order chi connectivity index (χ1) is 9.10. The maximum absolute atomic E-state index is 5.79. The molecule has 0 unspecified atom stereocenters. The maximum atomic E-state index is 5.79. The number of nitrogens with one attached hydrogen (secondary N) is 1. The fraction of sp³-hybridized carbons (Fsp3) is 0.533. The predicted molar refractivity (Wildman–Crippen MR) is 89.7 cm³/mol. The standard InChI is InChI=1S/C15H21BrN2S/c1-2-10-3-6-12(7-4-10)18-14-9-11(16)5-8-13(14)15(17)19/h5,8-10,12,18H,2-4,6-7H2,1H3,(H2,17,19). The second kappa shape index (κ2) is 6.71. The van der Waals surface area contributed by atoms with E-state index in [9.17, 15) is 0 Å². The molecule has 0 radical (unpaired) electrons. The fourth-order valence-electron chi connectivity index (χ4n) is 2.79. The lowest BCUT2D eigenvalue weighted by Crippen LogP contribution is -2.27. The van der Waals surface area contributed by atoms with Crippen molar-refractivity contribution in [3.63, 3.8) is 0 Å². The summed E-state index contributed by atoms with van der Waals surface area (Å²) in [6, 6.07) is 6.57. The highest BCUT2D eigenvalue weighted by Crippen LogP contribution is 2.30. The zero-order valence-corrected chi connectivity index (χ0v) is 13.7. The fourth-order valence-corrected chi connectivity index (χ4v) is 3.32. The molecule has 0 heterocycles. The van der Waals surface area contributed by atoms with Gasteiger partial charge < -0.3 is 11.1 Å². The van der Waals surface area contributed by atoms with Crippen LogP contribution in [0.25, 0.3) is 0 Å². The summed E-state index contributed by atoms with van der Waals surface area (Å²) in [5.41, 5.74) is 7.79. The lowest BCUT2D eigenvalue weighted by atomic mass is 9.84. The number of nitrogens with two attached hydrogens (primary N) is 1. The van der Waals surface area contributed by atoms with Crippen LogP contribution in [0, 0.1) is 5.92 Å². The van der Waals surface area contributed by atoms with Crippen LogP contribution in [0.1, 0.15) is 44.6 Å². The molecule has 0 spiro atoms. The molecule has 4 heteroatoms. The van der Waals surface area contributed by atoms with Gasteiger partial charge in [0.05, 0.1) is 0 Å². The van der Waals surface area contributed by atoms with Crippen LogP contribution in [0.2, 0.25) is 0 Å². The first-order valence-corrected chi connectivity index (χ1v) is 8.16. The van der Waals surface area contributed by atoms with Gasteiger partial charge in [-0.05, 0) is 49.8 Å². The summed E-state index contributed by atoms with van der Waals surface area (Å²) in [6.07, 6.45) is 6.43. The Bertz CT molecular complexity index is 453. The van der Waals surface area contributed by atoms with Gasteiger partial charge in [0.1, 0.15) is 4.99 Å². The van der Waals surface area contributed by atoms with E-state index in [1.54, 1.807) is 0 Å². The Balaban J connectivity index is 2.06. The Kier molecular flexibility index (Phi) is 5.22. The highest BCUT2D eigenvalue weighted by Gasteiger charge is 2.20. The lowest BCUT2D eigenvalue weighted by molar-refractivity contribution is 0.330. The summed E-state index contributed by atoms with van der Waals surface area (Å²) in [6.45, 7) is 2.29. The topological polar surface area (TPSA) is 38.0 Å². The minimum atomic E-state index is 0.456. The van der Waals surface area contributed by atoms with Crippen molar-refractivity contribution in [1.29, 1.82) is 0 Å². The SMILES string of the molecule is CCC1CCC(Nc2cc(Br)ccc2C(N)=S)CC1. The third kappa shape index (κ3) is 3.93. The van der Waals surface area contributed by atoms with Crippen molar-refractivity contribution >= 4 is 38.8 Å². The molecule has 0 bridgehead atoms. The first-order valence-electron chi connectivity index (χ1n) is 6.96. The molecule has 1 aliphatic rings. The third-order valence-corrected chi connectivity index (χ3v) is 4.74. The number of halogens is 1. The van der Waals surface area contributed by atoms with Crippen LogP contribution in [-0.4, -0.2) is 11.0 Å². The molecule has 0 amide bonds. The molecule has 0 saturated heterocycles. The van der Waals surface area contributed by atoms with Crippen LogP contribution < -0.4 is 11.1 Å². The molecule has 2 nitrogen and oxygen atoms in total. The summed E-state index contributed by atoms with van der Waals surface area (Å²) >= 11 is 8.63. The van der Waals surface area contributed by atoms with E-state index >= 15 is 0 Å². The van der Waals surface area contributed by atoms with E-state index in [1.165, 1.54) is 32.1 Å². The van der Waals surface area contributed by atoms with Gasteiger partial charge in [0.25, 0.3) is 0 Å². The van der Waals surface area contributed by atoms with Gasteiger partial charge in [-0.1, -0.05) is 41.5 Å². The van der Waals surface area contributed by atoms with Crippen LogP contribution in [-0.2, 0) is 0 Å². The molecule has 0 aliphatic heterocycles. The van der Waals surface area contributed by atoms with Crippen LogP contribution in [0.4, 0.5) is 5.69 Å². The summed E-state index contributed by atoms with van der Waals surface area (Å²) in [5, 5.41) is 3.62. The van der Waals surface area contributed by atoms with Crippen molar-refractivity contribution in [3.8, 4) is 0 Å². The molecule has 2 rings (SSSR count). The van der Waals surface area contributed by atoms with Crippen LogP contribution in [0.3, 0.4) is 0 Å². The minimum Gasteiger partial charge on any atom is -0.389 e. The van der Waals surface area contributed by atoms with Gasteiger partial charge in [-0.2, -0.15) is 0 Å². The van der Waals surface area contributed by atoms with Crippen LogP contribution >= 0.6 is 28.1 Å². The van der Waals surface area contributed by atoms with Gasteiger partial charge in [-0.3, -0.25) is 0 Å². The number of hydrogen-bond donors (Lipinski definition) is 2. The number of hydrogen-bond acceptors (Lipinski definition) is 2. The Labute approximate surface area is 129 Å². The molecule has 1 aromatic rings. The van der Waals surface area contributed by atoms with E-state index in [4.69, 9.17) is 18.0 Å². The second-order valence-corrected chi connectivity index (χ2v) is 6.68. The van der Waals surface area contributed by atoms with E-state index in [-0.39, 0.29) is 0 Å². The Morgan fingerprint density at radius 1 is 1.37 bits per heavy atom. The summed E-state index contributed by atoms with van der Waals surface area (Å²) < 4.78 is 1.05. The van der Waals surface area contributed by atoms with E-state index in [1.807, 2.05) is 12.1 Å². The van der Waals surface area contributed by atoms with E-state index < -0.39 is 0 Å². The third-order valence-electron chi connectivity index (χ3n) is 4.03. The number of rotatable bonds is 4. The van der Waals surface area contributed by atoms with Gasteiger partial charge in [0.15, 0.2) is 0 Å². The Morgan fingerprint density at radius 2 is 2.05 bits per heavy atom. The molecule has 19 heavy (non-hydrogen) atoms. The summed E-state index contributed by atoms with van der Waals surface area (Å²) in [5.74, 6) is 0.913. The zero-order chi connectivity index (χ0) is 13.8. The molecule has 0 aromatic heterocycles. The molecule has 3 N–H and O–H groups in total. The molecule has 1 aliphatic carbocycles. The molecule has 0 atom stereocenters. The van der Waals surface area contributed by atoms with Crippen molar-refractivity contribution in [2.24, 2.45) is 11.7 Å². The predicted octanol–water partition coefficient (Wildman–Crippen LogP) is 4.46. The van der Waals surface area contributed by atoms with Crippen molar-refractivity contribution in [1.82, 2.24) is 0 Å². The monoisotopic (exact) mass is 340 g/mol. The molecule has 1 fully saturated rings. The highest BCUT2D eigenvalue weighted by molar-refractivity contribution is 9.10. The number of anilines is 1. The minimum absolute atomic E-state index is 0.456. The van der Waals surface area contributed by atoms with Crippen molar-refractivity contribution in [2.75, 3.05) is 5.32 Å². The van der Waals surface area contributed by atoms with Crippen LogP contribution in [0.5, 0.6) is 0 Å². The lowest BCUT2D eigenvalue weighted by Gasteiger charge is -2.29. The van der Waals surface area contributed by atoms with Crippen molar-refractivity contribution < 1.29 is 0 Å². The van der Waals surface area contributed by atoms with Crippen LogP contribution in [0.15, 0.2) is 22.7 Å². The molecular formula is C15H21BrN2S. The highest BCUT2D eigenvalue weighted by atomic mass is 79.9. The average molecular weight is 341 g/mol. The number of thiocarbonyl (C=S) groups is 1. The van der Waals surface area contributed by atoms with E-state index in [0.29, 0.717) is 11.0 Å². The van der Waals surface area contributed by atoms with E-state index in [2.05, 4.69) is 34.2 Å². The molecular weight excluding hydrogens is 320 g/mol. The van der Waals surface area contributed by atoms with Gasteiger partial charge in [0.2, 0.25) is 0 Å². The smallest absolute Gasteiger partial charge is 0.106 e. The maximum Gasteiger partial charge on any atom is 0.106 e. The van der Waals surface area contributed by atoms with Crippen molar-refractivity contribution in [2.45, 2.75) is 45.1 Å². The molecule has 1 aromatic carbocycles. The Hall–Kier alpha value is -0.610. The van der Waals surface area contributed by atoms with Gasteiger partial charge >= 0.3 is 0 Å². The first kappa shape index (κ1) is 14.8. The van der Waals surface area contributed by atoms with Crippen molar-refractivity contribution in [3.05, 3.63) is 28.2 Å². The average Bonchev–Trinajstić information content (AvgIpc) is 2.39. The summed E-state index contributed by atoms with van der Waals surface area (Å²) in [7, 11) is 0. The Morgan fingerprint density at radius 3 is 2.63 bits per heavy atom.